The number of nitrogens with zero attached hydrogens (tertiary/aromatic N) is 1. The van der Waals surface area contributed by atoms with Gasteiger partial charge in [-0.1, -0.05) is 6.92 Å². The molecule has 4 nitrogen and oxygen atoms in total. The minimum Gasteiger partial charge on any atom is -0.441 e. The van der Waals surface area contributed by atoms with Crippen molar-refractivity contribution in [1.29, 1.82) is 0 Å². The van der Waals surface area contributed by atoms with Gasteiger partial charge in [-0.2, -0.15) is 0 Å². The maximum Gasteiger partial charge on any atom is 0.265 e. The molecule has 0 aliphatic heterocycles. The lowest BCUT2D eigenvalue weighted by molar-refractivity contribution is 0.103. The van der Waals surface area contributed by atoms with Crippen LogP contribution in [0, 0.1) is 13.8 Å². The molecule has 1 aromatic carbocycles. The summed E-state index contributed by atoms with van der Waals surface area (Å²) in [7, 11) is 0. The minimum atomic E-state index is -0.0811. The molecule has 0 aliphatic rings. The van der Waals surface area contributed by atoms with E-state index in [1.165, 1.54) is 21.8 Å². The highest BCUT2D eigenvalue weighted by molar-refractivity contribution is 7.14. The number of fused-ring (bicyclic) bond motifs is 1. The predicted octanol–water partition coefficient (Wildman–Crippen LogP) is 4.32. The molecular formula is C16H16N2O2S. The summed E-state index contributed by atoms with van der Waals surface area (Å²) in [6.45, 7) is 5.95. The number of hydrogen-bond acceptors (Lipinski definition) is 4. The van der Waals surface area contributed by atoms with Gasteiger partial charge in [0, 0.05) is 17.5 Å². The van der Waals surface area contributed by atoms with Gasteiger partial charge in [0.25, 0.3) is 5.91 Å². The number of amides is 1. The SMILES string of the molecule is CCc1cc(C(=O)Nc2ccc3oc(C)nc3c2)sc1C. The number of nitrogens with one attached hydrogen (secondary N) is 1. The fraction of sp³-hybridized carbons (Fsp3) is 0.250. The van der Waals surface area contributed by atoms with Gasteiger partial charge in [0.15, 0.2) is 11.5 Å². The van der Waals surface area contributed by atoms with Gasteiger partial charge in [-0.3, -0.25) is 4.79 Å². The molecule has 0 atom stereocenters. The van der Waals surface area contributed by atoms with Crippen LogP contribution < -0.4 is 5.32 Å². The van der Waals surface area contributed by atoms with Crippen molar-refractivity contribution in [2.24, 2.45) is 0 Å². The second-order valence-corrected chi connectivity index (χ2v) is 6.17. The van der Waals surface area contributed by atoms with Crippen LogP contribution >= 0.6 is 11.3 Å². The van der Waals surface area contributed by atoms with E-state index < -0.39 is 0 Å². The quantitative estimate of drug-likeness (QED) is 0.783. The van der Waals surface area contributed by atoms with Crippen LogP contribution in [0.25, 0.3) is 11.1 Å². The zero-order chi connectivity index (χ0) is 15.0. The molecule has 0 fully saturated rings. The normalized spacial score (nSPS) is 11.0. The first-order valence-electron chi connectivity index (χ1n) is 6.84. The van der Waals surface area contributed by atoms with Crippen molar-refractivity contribution < 1.29 is 9.21 Å². The molecule has 5 heteroatoms. The van der Waals surface area contributed by atoms with E-state index in [0.717, 1.165) is 28.1 Å². The number of rotatable bonds is 3. The monoisotopic (exact) mass is 300 g/mol. The van der Waals surface area contributed by atoms with Gasteiger partial charge in [-0.25, -0.2) is 4.98 Å². The van der Waals surface area contributed by atoms with Crippen LogP contribution in [0.5, 0.6) is 0 Å². The first kappa shape index (κ1) is 13.8. The molecule has 0 radical (unpaired) electrons. The van der Waals surface area contributed by atoms with E-state index in [1.54, 1.807) is 6.92 Å². The largest absolute Gasteiger partial charge is 0.441 e. The van der Waals surface area contributed by atoms with Gasteiger partial charge < -0.3 is 9.73 Å². The average Bonchev–Trinajstić information content (AvgIpc) is 3.00. The molecule has 3 aromatic rings. The summed E-state index contributed by atoms with van der Waals surface area (Å²) in [5, 5.41) is 2.91. The Kier molecular flexibility index (Phi) is 3.51. The Balaban J connectivity index is 1.84. The Labute approximate surface area is 126 Å². The van der Waals surface area contributed by atoms with Crippen molar-refractivity contribution >= 4 is 34.0 Å². The Morgan fingerprint density at radius 3 is 2.86 bits per heavy atom. The van der Waals surface area contributed by atoms with Crippen molar-refractivity contribution in [2.75, 3.05) is 5.32 Å². The summed E-state index contributed by atoms with van der Waals surface area (Å²) in [5.41, 5.74) is 3.44. The number of carbonyl (C=O) groups excluding carboxylic acids is 1. The molecule has 0 unspecified atom stereocenters. The lowest BCUT2D eigenvalue weighted by Crippen LogP contribution is -2.09. The summed E-state index contributed by atoms with van der Waals surface area (Å²) in [5.74, 6) is 0.539. The molecule has 21 heavy (non-hydrogen) atoms. The lowest BCUT2D eigenvalue weighted by atomic mass is 10.2. The molecule has 0 spiro atoms. The van der Waals surface area contributed by atoms with Gasteiger partial charge in [0.2, 0.25) is 0 Å². The van der Waals surface area contributed by atoms with Crippen LogP contribution in [-0.2, 0) is 6.42 Å². The first-order valence-corrected chi connectivity index (χ1v) is 7.66. The highest BCUT2D eigenvalue weighted by Gasteiger charge is 2.12. The number of carbonyl (C=O) groups is 1. The van der Waals surface area contributed by atoms with E-state index in [2.05, 4.69) is 17.2 Å². The lowest BCUT2D eigenvalue weighted by Gasteiger charge is -2.02. The molecule has 0 bridgehead atoms. The van der Waals surface area contributed by atoms with E-state index in [0.29, 0.717) is 5.89 Å². The minimum absolute atomic E-state index is 0.0811. The molecule has 1 amide bonds. The van der Waals surface area contributed by atoms with E-state index in [4.69, 9.17) is 4.42 Å². The van der Waals surface area contributed by atoms with E-state index in [9.17, 15) is 4.79 Å². The number of anilines is 1. The van der Waals surface area contributed by atoms with Crippen LogP contribution in [0.15, 0.2) is 28.7 Å². The number of thiophene rings is 1. The molecule has 3 rings (SSSR count). The van der Waals surface area contributed by atoms with E-state index >= 15 is 0 Å². The fourth-order valence-electron chi connectivity index (χ4n) is 2.30. The Bertz CT molecular complexity index is 817. The fourth-order valence-corrected chi connectivity index (χ4v) is 3.30. The number of aromatic nitrogens is 1. The number of benzene rings is 1. The summed E-state index contributed by atoms with van der Waals surface area (Å²) in [4.78, 5) is 18.5. The van der Waals surface area contributed by atoms with Crippen LogP contribution in [0.3, 0.4) is 0 Å². The summed E-state index contributed by atoms with van der Waals surface area (Å²) in [6, 6.07) is 7.44. The molecule has 0 aliphatic carbocycles. The molecular weight excluding hydrogens is 284 g/mol. The predicted molar refractivity (Wildman–Crippen MR) is 85.1 cm³/mol. The number of hydrogen-bond donors (Lipinski definition) is 1. The maximum absolute atomic E-state index is 12.3. The third-order valence-electron chi connectivity index (χ3n) is 3.38. The smallest absolute Gasteiger partial charge is 0.265 e. The number of oxazole rings is 1. The Hall–Kier alpha value is -2.14. The molecule has 2 heterocycles. The van der Waals surface area contributed by atoms with Gasteiger partial charge in [-0.15, -0.1) is 11.3 Å². The Morgan fingerprint density at radius 2 is 2.14 bits per heavy atom. The van der Waals surface area contributed by atoms with Crippen LogP contribution in [-0.4, -0.2) is 10.9 Å². The third kappa shape index (κ3) is 2.69. The molecule has 0 saturated heterocycles. The van der Waals surface area contributed by atoms with Gasteiger partial charge in [-0.05, 0) is 43.2 Å². The van der Waals surface area contributed by atoms with Crippen molar-refractivity contribution in [3.63, 3.8) is 0 Å². The maximum atomic E-state index is 12.3. The van der Waals surface area contributed by atoms with Crippen LogP contribution in [0.1, 0.15) is 32.9 Å². The van der Waals surface area contributed by atoms with E-state index in [1.807, 2.05) is 31.2 Å². The standard InChI is InChI=1S/C16H16N2O2S/c1-4-11-7-15(21-9(11)2)16(19)18-12-5-6-14-13(8-12)17-10(3)20-14/h5-8H,4H2,1-3H3,(H,18,19). The highest BCUT2D eigenvalue weighted by Crippen LogP contribution is 2.24. The molecule has 0 saturated carbocycles. The van der Waals surface area contributed by atoms with Crippen molar-refractivity contribution in [3.8, 4) is 0 Å². The first-order chi connectivity index (χ1) is 10.1. The Morgan fingerprint density at radius 1 is 1.33 bits per heavy atom. The van der Waals surface area contributed by atoms with Crippen LogP contribution in [0.4, 0.5) is 5.69 Å². The van der Waals surface area contributed by atoms with Gasteiger partial charge in [0.05, 0.1) is 4.88 Å². The summed E-state index contributed by atoms with van der Waals surface area (Å²) >= 11 is 1.53. The van der Waals surface area contributed by atoms with Crippen molar-refractivity contribution in [1.82, 2.24) is 4.98 Å². The second-order valence-electron chi connectivity index (χ2n) is 4.92. The zero-order valence-electron chi connectivity index (χ0n) is 12.2. The van der Waals surface area contributed by atoms with Gasteiger partial charge in [0.1, 0.15) is 5.52 Å². The van der Waals surface area contributed by atoms with E-state index in [-0.39, 0.29) is 5.91 Å². The topological polar surface area (TPSA) is 55.1 Å². The van der Waals surface area contributed by atoms with Crippen LogP contribution in [0.2, 0.25) is 0 Å². The average molecular weight is 300 g/mol. The second kappa shape index (κ2) is 5.33. The molecule has 1 N–H and O–H groups in total. The number of aryl methyl sites for hydroxylation is 3. The van der Waals surface area contributed by atoms with Crippen molar-refractivity contribution in [3.05, 3.63) is 45.5 Å². The van der Waals surface area contributed by atoms with Crippen molar-refractivity contribution in [2.45, 2.75) is 27.2 Å². The summed E-state index contributed by atoms with van der Waals surface area (Å²) < 4.78 is 5.42. The van der Waals surface area contributed by atoms with Gasteiger partial charge >= 0.3 is 0 Å². The molecule has 2 aromatic heterocycles. The molecule has 108 valence electrons. The third-order valence-corrected chi connectivity index (χ3v) is 4.47. The highest BCUT2D eigenvalue weighted by atomic mass is 32.1. The zero-order valence-corrected chi connectivity index (χ0v) is 13.0. The summed E-state index contributed by atoms with van der Waals surface area (Å²) in [6.07, 6.45) is 0.944.